The number of halogens is 1. The number of furan rings is 1. The van der Waals surface area contributed by atoms with Crippen LogP contribution in [0.2, 0.25) is 5.02 Å². The maximum atomic E-state index is 12.2. The van der Waals surface area contributed by atoms with Crippen molar-refractivity contribution < 1.29 is 13.9 Å². The minimum Gasteiger partial charge on any atom is -0.462 e. The topological polar surface area (TPSA) is 51.8 Å². The van der Waals surface area contributed by atoms with Crippen LogP contribution in [0, 0.1) is 13.8 Å². The quantitative estimate of drug-likeness (QED) is 0.352. The van der Waals surface area contributed by atoms with E-state index in [0.29, 0.717) is 28.7 Å². The Kier molecular flexibility index (Phi) is 6.32. The van der Waals surface area contributed by atoms with Crippen LogP contribution in [-0.2, 0) is 4.74 Å². The molecule has 0 atom stereocenters. The molecule has 1 heterocycles. The van der Waals surface area contributed by atoms with Crippen LogP contribution < -0.4 is 0 Å². The van der Waals surface area contributed by atoms with Crippen molar-refractivity contribution in [2.45, 2.75) is 27.2 Å². The van der Waals surface area contributed by atoms with Gasteiger partial charge in [0, 0.05) is 5.56 Å². The number of aliphatic imine (C=N–C) groups is 1. The van der Waals surface area contributed by atoms with Crippen molar-refractivity contribution in [2.75, 3.05) is 6.61 Å². The van der Waals surface area contributed by atoms with Crippen molar-refractivity contribution in [1.29, 1.82) is 0 Å². The van der Waals surface area contributed by atoms with Gasteiger partial charge >= 0.3 is 5.97 Å². The molecule has 1 aromatic heterocycles. The molecule has 0 saturated carbocycles. The SMILES string of the molecule is CCCOC(=O)c1cc(-c2ccc(C=Nc3ccc(C)c(C)c3)o2)ccc1Cl. The average molecular weight is 396 g/mol. The Morgan fingerprint density at radius 1 is 1.11 bits per heavy atom. The highest BCUT2D eigenvalue weighted by molar-refractivity contribution is 6.33. The molecule has 0 bridgehead atoms. The Hall–Kier alpha value is -2.85. The summed E-state index contributed by atoms with van der Waals surface area (Å²) in [4.78, 5) is 16.6. The molecule has 0 spiro atoms. The maximum absolute atomic E-state index is 12.2. The zero-order valence-electron chi connectivity index (χ0n) is 16.2. The summed E-state index contributed by atoms with van der Waals surface area (Å²) in [6, 6.07) is 14.9. The first-order valence-corrected chi connectivity index (χ1v) is 9.54. The fourth-order valence-electron chi connectivity index (χ4n) is 2.63. The number of nitrogens with zero attached hydrogens (tertiary/aromatic N) is 1. The molecule has 3 rings (SSSR count). The Balaban J connectivity index is 1.80. The fourth-order valence-corrected chi connectivity index (χ4v) is 2.82. The lowest BCUT2D eigenvalue weighted by Gasteiger charge is -2.06. The first kappa shape index (κ1) is 19.9. The number of ether oxygens (including phenoxy) is 1. The van der Waals surface area contributed by atoms with Crippen molar-refractivity contribution in [3.05, 3.63) is 76.0 Å². The van der Waals surface area contributed by atoms with Gasteiger partial charge in [-0.2, -0.15) is 0 Å². The van der Waals surface area contributed by atoms with Crippen LogP contribution in [0.5, 0.6) is 0 Å². The van der Waals surface area contributed by atoms with E-state index in [2.05, 4.69) is 18.8 Å². The van der Waals surface area contributed by atoms with Crippen LogP contribution in [0.3, 0.4) is 0 Å². The van der Waals surface area contributed by atoms with Crippen molar-refractivity contribution in [1.82, 2.24) is 0 Å². The van der Waals surface area contributed by atoms with Gasteiger partial charge in [0.1, 0.15) is 11.5 Å². The van der Waals surface area contributed by atoms with E-state index in [4.69, 9.17) is 20.8 Å². The van der Waals surface area contributed by atoms with Gasteiger partial charge < -0.3 is 9.15 Å². The zero-order valence-corrected chi connectivity index (χ0v) is 16.9. The third kappa shape index (κ3) is 4.70. The van der Waals surface area contributed by atoms with E-state index in [0.717, 1.165) is 17.7 Å². The molecular weight excluding hydrogens is 374 g/mol. The van der Waals surface area contributed by atoms with Crippen molar-refractivity contribution >= 4 is 29.5 Å². The van der Waals surface area contributed by atoms with E-state index in [9.17, 15) is 4.79 Å². The Labute approximate surface area is 169 Å². The molecule has 4 nitrogen and oxygen atoms in total. The van der Waals surface area contributed by atoms with Crippen LogP contribution in [0.1, 0.15) is 40.6 Å². The summed E-state index contributed by atoms with van der Waals surface area (Å²) < 4.78 is 11.0. The molecule has 0 aliphatic heterocycles. The van der Waals surface area contributed by atoms with Crippen molar-refractivity contribution in [3.8, 4) is 11.3 Å². The second kappa shape index (κ2) is 8.89. The molecule has 0 N–H and O–H groups in total. The summed E-state index contributed by atoms with van der Waals surface area (Å²) in [5.41, 5.74) is 4.37. The number of esters is 1. The van der Waals surface area contributed by atoms with Gasteiger partial charge in [0.25, 0.3) is 0 Å². The summed E-state index contributed by atoms with van der Waals surface area (Å²) >= 11 is 6.15. The molecule has 0 fully saturated rings. The zero-order chi connectivity index (χ0) is 20.1. The van der Waals surface area contributed by atoms with E-state index in [-0.39, 0.29) is 0 Å². The first-order chi connectivity index (χ1) is 13.5. The molecule has 0 radical (unpaired) electrons. The first-order valence-electron chi connectivity index (χ1n) is 9.16. The van der Waals surface area contributed by atoms with Crippen molar-refractivity contribution in [3.63, 3.8) is 0 Å². The van der Waals surface area contributed by atoms with Crippen LogP contribution in [-0.4, -0.2) is 18.8 Å². The third-order valence-corrected chi connectivity index (χ3v) is 4.70. The Morgan fingerprint density at radius 2 is 1.93 bits per heavy atom. The summed E-state index contributed by atoms with van der Waals surface area (Å²) in [7, 11) is 0. The molecule has 5 heteroatoms. The summed E-state index contributed by atoms with van der Waals surface area (Å²) in [5, 5.41) is 0.355. The molecule has 0 saturated heterocycles. The van der Waals surface area contributed by atoms with Gasteiger partial charge in [0.15, 0.2) is 0 Å². The second-order valence-electron chi connectivity index (χ2n) is 6.56. The largest absolute Gasteiger partial charge is 0.462 e. The predicted octanol–water partition coefficient (Wildman–Crippen LogP) is 6.53. The van der Waals surface area contributed by atoms with E-state index in [1.165, 1.54) is 11.1 Å². The highest BCUT2D eigenvalue weighted by Crippen LogP contribution is 2.27. The number of carbonyl (C=O) groups excluding carboxylic acids is 1. The summed E-state index contributed by atoms with van der Waals surface area (Å²) in [6.45, 7) is 6.43. The average Bonchev–Trinajstić information content (AvgIpc) is 3.16. The van der Waals surface area contributed by atoms with Crippen molar-refractivity contribution in [2.24, 2.45) is 4.99 Å². The predicted molar refractivity (Wildman–Crippen MR) is 113 cm³/mol. The van der Waals surface area contributed by atoms with Gasteiger partial charge in [-0.3, -0.25) is 4.99 Å². The smallest absolute Gasteiger partial charge is 0.339 e. The van der Waals surface area contributed by atoms with Gasteiger partial charge in [-0.05, 0) is 73.9 Å². The number of rotatable bonds is 6. The van der Waals surface area contributed by atoms with Gasteiger partial charge in [0.2, 0.25) is 0 Å². The van der Waals surface area contributed by atoms with Crippen LogP contribution in [0.15, 0.2) is 57.9 Å². The molecule has 0 aliphatic rings. The fraction of sp³-hybridized carbons (Fsp3) is 0.217. The van der Waals surface area contributed by atoms with Gasteiger partial charge in [-0.15, -0.1) is 0 Å². The normalized spacial score (nSPS) is 11.1. The minimum atomic E-state index is -0.434. The lowest BCUT2D eigenvalue weighted by Crippen LogP contribution is -2.06. The number of hydrogen-bond acceptors (Lipinski definition) is 4. The van der Waals surface area contributed by atoms with Gasteiger partial charge in [-0.1, -0.05) is 24.6 Å². The molecule has 0 unspecified atom stereocenters. The number of hydrogen-bond donors (Lipinski definition) is 0. The lowest BCUT2D eigenvalue weighted by molar-refractivity contribution is 0.0505. The van der Waals surface area contributed by atoms with Gasteiger partial charge in [-0.25, -0.2) is 4.79 Å². The third-order valence-electron chi connectivity index (χ3n) is 4.37. The highest BCUT2D eigenvalue weighted by Gasteiger charge is 2.14. The van der Waals surface area contributed by atoms with Crippen LogP contribution in [0.25, 0.3) is 11.3 Å². The standard InChI is InChI=1S/C23H22ClNO3/c1-4-11-27-23(26)20-13-17(6-9-21(20)24)22-10-8-19(28-22)14-25-18-7-5-15(2)16(3)12-18/h5-10,12-14H,4,11H2,1-3H3. The molecule has 28 heavy (non-hydrogen) atoms. The molecule has 0 aliphatic carbocycles. The number of aryl methyl sites for hydroxylation is 2. The van der Waals surface area contributed by atoms with Crippen LogP contribution in [0.4, 0.5) is 5.69 Å². The Morgan fingerprint density at radius 3 is 2.68 bits per heavy atom. The van der Waals surface area contributed by atoms with E-state index in [1.54, 1.807) is 18.3 Å². The molecular formula is C23H22ClNO3. The molecule has 2 aromatic carbocycles. The van der Waals surface area contributed by atoms with E-state index in [1.807, 2.05) is 43.3 Å². The van der Waals surface area contributed by atoms with E-state index >= 15 is 0 Å². The second-order valence-corrected chi connectivity index (χ2v) is 6.97. The highest BCUT2D eigenvalue weighted by atomic mass is 35.5. The lowest BCUT2D eigenvalue weighted by atomic mass is 10.1. The van der Waals surface area contributed by atoms with Crippen LogP contribution >= 0.6 is 11.6 Å². The minimum absolute atomic E-state index is 0.328. The molecule has 0 amide bonds. The van der Waals surface area contributed by atoms with Gasteiger partial charge in [0.05, 0.1) is 29.1 Å². The monoisotopic (exact) mass is 395 g/mol. The maximum Gasteiger partial charge on any atom is 0.339 e. The Bertz CT molecular complexity index is 1020. The van der Waals surface area contributed by atoms with E-state index < -0.39 is 5.97 Å². The number of benzene rings is 2. The number of carbonyl (C=O) groups is 1. The molecule has 144 valence electrons. The summed E-state index contributed by atoms with van der Waals surface area (Å²) in [6.07, 6.45) is 2.43. The molecule has 3 aromatic rings. The summed E-state index contributed by atoms with van der Waals surface area (Å²) in [5.74, 6) is 0.817.